The number of carbonyl (C=O) groups excluding carboxylic acids is 1. The number of carbonyl (C=O) groups is 1. The van der Waals surface area contributed by atoms with Crippen LogP contribution in [0.4, 0.5) is 0 Å². The SMILES string of the molecule is Cc1nc2cc(CC(=O)N3CCC(C)CC3)ccc2n1C. The van der Waals surface area contributed by atoms with E-state index in [1.807, 2.05) is 31.0 Å². The zero-order valence-corrected chi connectivity index (χ0v) is 13.1. The maximum atomic E-state index is 12.4. The highest BCUT2D eigenvalue weighted by atomic mass is 16.2. The second kappa shape index (κ2) is 5.51. The average molecular weight is 285 g/mol. The number of aryl methyl sites for hydroxylation is 2. The normalized spacial score (nSPS) is 16.6. The molecule has 4 heteroatoms. The first-order chi connectivity index (χ1) is 10.0. The number of imidazole rings is 1. The van der Waals surface area contributed by atoms with Crippen LogP contribution in [0.5, 0.6) is 0 Å². The Balaban J connectivity index is 1.74. The summed E-state index contributed by atoms with van der Waals surface area (Å²) < 4.78 is 2.08. The zero-order chi connectivity index (χ0) is 15.0. The lowest BCUT2D eigenvalue weighted by Gasteiger charge is -2.30. The lowest BCUT2D eigenvalue weighted by molar-refractivity contribution is -0.131. The number of nitrogens with zero attached hydrogens (tertiary/aromatic N) is 3. The number of amides is 1. The first-order valence-electron chi connectivity index (χ1n) is 7.74. The summed E-state index contributed by atoms with van der Waals surface area (Å²) >= 11 is 0. The Bertz CT molecular complexity index is 666. The summed E-state index contributed by atoms with van der Waals surface area (Å²) in [6, 6.07) is 6.16. The second-order valence-electron chi connectivity index (χ2n) is 6.28. The number of fused-ring (bicyclic) bond motifs is 1. The standard InChI is InChI=1S/C17H23N3O/c1-12-6-8-20(9-7-12)17(21)11-14-4-5-16-15(10-14)18-13(2)19(16)3/h4-5,10,12H,6-9,11H2,1-3H3. The molecule has 0 bridgehead atoms. The van der Waals surface area contributed by atoms with Crippen LogP contribution in [0.3, 0.4) is 0 Å². The summed E-state index contributed by atoms with van der Waals surface area (Å²) in [6.45, 7) is 6.08. The van der Waals surface area contributed by atoms with Crippen molar-refractivity contribution in [1.29, 1.82) is 0 Å². The fourth-order valence-electron chi connectivity index (χ4n) is 3.02. The minimum Gasteiger partial charge on any atom is -0.342 e. The first kappa shape index (κ1) is 14.1. The Kier molecular flexibility index (Phi) is 3.70. The molecule has 0 radical (unpaired) electrons. The van der Waals surface area contributed by atoms with Gasteiger partial charge in [-0.25, -0.2) is 4.98 Å². The third kappa shape index (κ3) is 2.80. The molecular formula is C17H23N3O. The number of hydrogen-bond donors (Lipinski definition) is 0. The van der Waals surface area contributed by atoms with E-state index >= 15 is 0 Å². The molecule has 1 amide bonds. The fourth-order valence-corrected chi connectivity index (χ4v) is 3.02. The molecule has 4 nitrogen and oxygen atoms in total. The predicted molar refractivity (Wildman–Crippen MR) is 84.1 cm³/mol. The molecule has 1 aromatic carbocycles. The van der Waals surface area contributed by atoms with Gasteiger partial charge in [0.05, 0.1) is 17.5 Å². The van der Waals surface area contributed by atoms with Crippen LogP contribution in [0.2, 0.25) is 0 Å². The molecule has 0 saturated carbocycles. The molecule has 21 heavy (non-hydrogen) atoms. The van der Waals surface area contributed by atoms with Crippen molar-refractivity contribution in [2.24, 2.45) is 13.0 Å². The predicted octanol–water partition coefficient (Wildman–Crippen LogP) is 2.68. The Hall–Kier alpha value is -1.84. The highest BCUT2D eigenvalue weighted by Crippen LogP contribution is 2.19. The third-order valence-corrected chi connectivity index (χ3v) is 4.66. The van der Waals surface area contributed by atoms with E-state index in [-0.39, 0.29) is 5.91 Å². The topological polar surface area (TPSA) is 38.1 Å². The summed E-state index contributed by atoms with van der Waals surface area (Å²) in [6.07, 6.45) is 2.74. The highest BCUT2D eigenvalue weighted by molar-refractivity contribution is 5.82. The van der Waals surface area contributed by atoms with E-state index in [9.17, 15) is 4.79 Å². The third-order valence-electron chi connectivity index (χ3n) is 4.66. The lowest BCUT2D eigenvalue weighted by Crippen LogP contribution is -2.38. The van der Waals surface area contributed by atoms with Gasteiger partial charge >= 0.3 is 0 Å². The Morgan fingerprint density at radius 1 is 1.33 bits per heavy atom. The summed E-state index contributed by atoms with van der Waals surface area (Å²) in [7, 11) is 2.02. The van der Waals surface area contributed by atoms with Gasteiger partial charge in [0.25, 0.3) is 0 Å². The van der Waals surface area contributed by atoms with Crippen LogP contribution in [0.25, 0.3) is 11.0 Å². The number of rotatable bonds is 2. The molecule has 2 heterocycles. The van der Waals surface area contributed by atoms with Crippen LogP contribution in [-0.2, 0) is 18.3 Å². The number of aromatic nitrogens is 2. The maximum absolute atomic E-state index is 12.4. The van der Waals surface area contributed by atoms with E-state index in [0.29, 0.717) is 6.42 Å². The van der Waals surface area contributed by atoms with Crippen LogP contribution < -0.4 is 0 Å². The monoisotopic (exact) mass is 285 g/mol. The van der Waals surface area contributed by atoms with Crippen molar-refractivity contribution >= 4 is 16.9 Å². The van der Waals surface area contributed by atoms with Crippen LogP contribution in [0, 0.1) is 12.8 Å². The molecule has 1 fully saturated rings. The van der Waals surface area contributed by atoms with Gasteiger partial charge in [-0.05, 0) is 43.4 Å². The molecule has 112 valence electrons. The first-order valence-corrected chi connectivity index (χ1v) is 7.74. The molecule has 2 aromatic rings. The number of hydrogen-bond acceptors (Lipinski definition) is 2. The Morgan fingerprint density at radius 2 is 2.05 bits per heavy atom. The van der Waals surface area contributed by atoms with Crippen molar-refractivity contribution in [2.45, 2.75) is 33.1 Å². The van der Waals surface area contributed by atoms with E-state index in [1.165, 1.54) is 0 Å². The van der Waals surface area contributed by atoms with Gasteiger partial charge in [0.1, 0.15) is 5.82 Å². The van der Waals surface area contributed by atoms with E-state index in [1.54, 1.807) is 0 Å². The van der Waals surface area contributed by atoms with Gasteiger partial charge in [-0.3, -0.25) is 4.79 Å². The van der Waals surface area contributed by atoms with E-state index in [0.717, 1.165) is 54.3 Å². The molecule has 0 atom stereocenters. The maximum Gasteiger partial charge on any atom is 0.226 e. The minimum absolute atomic E-state index is 0.244. The molecule has 1 aromatic heterocycles. The molecule has 0 aliphatic carbocycles. The van der Waals surface area contributed by atoms with Crippen molar-refractivity contribution in [3.8, 4) is 0 Å². The molecule has 1 aliphatic rings. The Labute approximate surface area is 125 Å². The minimum atomic E-state index is 0.244. The molecule has 3 rings (SSSR count). The summed E-state index contributed by atoms with van der Waals surface area (Å²) in [5, 5.41) is 0. The van der Waals surface area contributed by atoms with Crippen molar-refractivity contribution < 1.29 is 4.79 Å². The van der Waals surface area contributed by atoms with Crippen LogP contribution >= 0.6 is 0 Å². The van der Waals surface area contributed by atoms with Crippen molar-refractivity contribution in [3.63, 3.8) is 0 Å². The van der Waals surface area contributed by atoms with E-state index < -0.39 is 0 Å². The fraction of sp³-hybridized carbons (Fsp3) is 0.529. The summed E-state index contributed by atoms with van der Waals surface area (Å²) in [4.78, 5) is 18.9. The smallest absolute Gasteiger partial charge is 0.226 e. The molecule has 0 N–H and O–H groups in total. The van der Waals surface area contributed by atoms with Crippen LogP contribution in [-0.4, -0.2) is 33.4 Å². The van der Waals surface area contributed by atoms with Crippen molar-refractivity contribution in [2.75, 3.05) is 13.1 Å². The largest absolute Gasteiger partial charge is 0.342 e. The van der Waals surface area contributed by atoms with Gasteiger partial charge in [-0.15, -0.1) is 0 Å². The van der Waals surface area contributed by atoms with Gasteiger partial charge < -0.3 is 9.47 Å². The van der Waals surface area contributed by atoms with Crippen LogP contribution in [0.1, 0.15) is 31.2 Å². The van der Waals surface area contributed by atoms with E-state index in [4.69, 9.17) is 0 Å². The van der Waals surface area contributed by atoms with Crippen molar-refractivity contribution in [3.05, 3.63) is 29.6 Å². The van der Waals surface area contributed by atoms with E-state index in [2.05, 4.69) is 22.5 Å². The molecule has 0 spiro atoms. The zero-order valence-electron chi connectivity index (χ0n) is 13.1. The van der Waals surface area contributed by atoms with Gasteiger partial charge in [-0.1, -0.05) is 13.0 Å². The average Bonchev–Trinajstić information content (AvgIpc) is 2.74. The number of benzene rings is 1. The summed E-state index contributed by atoms with van der Waals surface area (Å²) in [5.41, 5.74) is 3.16. The van der Waals surface area contributed by atoms with Crippen molar-refractivity contribution in [1.82, 2.24) is 14.5 Å². The molecular weight excluding hydrogens is 262 g/mol. The highest BCUT2D eigenvalue weighted by Gasteiger charge is 2.20. The van der Waals surface area contributed by atoms with Gasteiger partial charge in [0.2, 0.25) is 5.91 Å². The second-order valence-corrected chi connectivity index (χ2v) is 6.28. The van der Waals surface area contributed by atoms with Gasteiger partial charge in [0.15, 0.2) is 0 Å². The summed E-state index contributed by atoms with van der Waals surface area (Å²) in [5.74, 6) is 1.99. The van der Waals surface area contributed by atoms with Gasteiger partial charge in [0, 0.05) is 20.1 Å². The van der Waals surface area contributed by atoms with Gasteiger partial charge in [-0.2, -0.15) is 0 Å². The van der Waals surface area contributed by atoms with Crippen LogP contribution in [0.15, 0.2) is 18.2 Å². The molecule has 1 aliphatic heterocycles. The number of piperidine rings is 1. The Morgan fingerprint density at radius 3 is 2.76 bits per heavy atom. The molecule has 1 saturated heterocycles. The lowest BCUT2D eigenvalue weighted by atomic mass is 9.98. The quantitative estimate of drug-likeness (QED) is 0.851. The molecule has 0 unspecified atom stereocenters. The number of likely N-dealkylation sites (tertiary alicyclic amines) is 1.